The Labute approximate surface area is 98.9 Å². The van der Waals surface area contributed by atoms with E-state index in [1.165, 1.54) is 50.8 Å². The summed E-state index contributed by atoms with van der Waals surface area (Å²) >= 11 is 0. The molecule has 4 unspecified atom stereocenters. The molecule has 4 atom stereocenters. The predicted molar refractivity (Wildman–Crippen MR) is 67.7 cm³/mol. The summed E-state index contributed by atoms with van der Waals surface area (Å²) in [6.07, 6.45) is 9.80. The van der Waals surface area contributed by atoms with Gasteiger partial charge >= 0.3 is 0 Å². The SMILES string of the molecule is CC(NC1=NCCCC1)C1CC2CCC1C2. The molecule has 1 aliphatic heterocycles. The predicted octanol–water partition coefficient (Wildman–Crippen LogP) is 2.98. The van der Waals surface area contributed by atoms with Crippen molar-refractivity contribution >= 4 is 5.84 Å². The molecule has 2 saturated carbocycles. The maximum atomic E-state index is 4.61. The van der Waals surface area contributed by atoms with Gasteiger partial charge in [0, 0.05) is 19.0 Å². The normalized spacial score (nSPS) is 39.6. The summed E-state index contributed by atoms with van der Waals surface area (Å²) in [5.41, 5.74) is 0. The van der Waals surface area contributed by atoms with Crippen LogP contribution in [0.4, 0.5) is 0 Å². The summed E-state index contributed by atoms with van der Waals surface area (Å²) in [4.78, 5) is 4.61. The topological polar surface area (TPSA) is 24.4 Å². The van der Waals surface area contributed by atoms with Gasteiger partial charge in [0.2, 0.25) is 0 Å². The van der Waals surface area contributed by atoms with Crippen molar-refractivity contribution < 1.29 is 0 Å². The van der Waals surface area contributed by atoms with E-state index >= 15 is 0 Å². The zero-order chi connectivity index (χ0) is 11.0. The van der Waals surface area contributed by atoms with Crippen LogP contribution in [0.1, 0.15) is 51.9 Å². The van der Waals surface area contributed by atoms with Crippen LogP contribution in [0.3, 0.4) is 0 Å². The third-order valence-electron chi connectivity index (χ3n) is 4.95. The number of fused-ring (bicyclic) bond motifs is 2. The molecule has 3 aliphatic rings. The Bertz CT molecular complexity index is 284. The fourth-order valence-electron chi connectivity index (χ4n) is 4.09. The first kappa shape index (κ1) is 10.6. The van der Waals surface area contributed by atoms with Gasteiger partial charge in [-0.25, -0.2) is 0 Å². The Kier molecular flexibility index (Phi) is 2.91. The van der Waals surface area contributed by atoms with Crippen LogP contribution < -0.4 is 5.32 Å². The number of hydrogen-bond acceptors (Lipinski definition) is 2. The van der Waals surface area contributed by atoms with E-state index in [2.05, 4.69) is 17.2 Å². The molecule has 0 aromatic carbocycles. The fourth-order valence-corrected chi connectivity index (χ4v) is 4.09. The van der Waals surface area contributed by atoms with Gasteiger partial charge in [-0.1, -0.05) is 6.42 Å². The summed E-state index contributed by atoms with van der Waals surface area (Å²) in [6, 6.07) is 0.659. The van der Waals surface area contributed by atoms with E-state index in [0.29, 0.717) is 6.04 Å². The van der Waals surface area contributed by atoms with Crippen molar-refractivity contribution in [2.75, 3.05) is 6.54 Å². The summed E-state index contributed by atoms with van der Waals surface area (Å²) in [7, 11) is 0. The van der Waals surface area contributed by atoms with Gasteiger partial charge in [0.25, 0.3) is 0 Å². The molecule has 0 spiro atoms. The lowest BCUT2D eigenvalue weighted by atomic mass is 9.84. The number of hydrogen-bond donors (Lipinski definition) is 1. The van der Waals surface area contributed by atoms with Crippen LogP contribution in [-0.2, 0) is 0 Å². The molecule has 1 heterocycles. The Hall–Kier alpha value is -0.530. The van der Waals surface area contributed by atoms with Gasteiger partial charge in [-0.15, -0.1) is 0 Å². The first-order valence-corrected chi connectivity index (χ1v) is 7.13. The zero-order valence-corrected chi connectivity index (χ0v) is 10.4. The highest BCUT2D eigenvalue weighted by Gasteiger charge is 2.41. The van der Waals surface area contributed by atoms with E-state index in [-0.39, 0.29) is 0 Å². The van der Waals surface area contributed by atoms with E-state index in [9.17, 15) is 0 Å². The molecule has 0 aromatic heterocycles. The number of nitrogens with zero attached hydrogens (tertiary/aromatic N) is 1. The lowest BCUT2D eigenvalue weighted by Gasteiger charge is -2.30. The molecule has 2 nitrogen and oxygen atoms in total. The molecular weight excluding hydrogens is 196 g/mol. The van der Waals surface area contributed by atoms with Crippen LogP contribution in [0.25, 0.3) is 0 Å². The highest BCUT2D eigenvalue weighted by Crippen LogP contribution is 2.49. The maximum Gasteiger partial charge on any atom is 0.0965 e. The van der Waals surface area contributed by atoms with Crippen molar-refractivity contribution in [1.82, 2.24) is 5.32 Å². The van der Waals surface area contributed by atoms with E-state index in [4.69, 9.17) is 0 Å². The van der Waals surface area contributed by atoms with Crippen molar-refractivity contribution in [2.24, 2.45) is 22.7 Å². The smallest absolute Gasteiger partial charge is 0.0965 e. The van der Waals surface area contributed by atoms with Crippen LogP contribution in [0.5, 0.6) is 0 Å². The fraction of sp³-hybridized carbons (Fsp3) is 0.929. The number of amidine groups is 1. The molecule has 0 aromatic rings. The third kappa shape index (κ3) is 1.99. The number of rotatable bonds is 2. The summed E-state index contributed by atoms with van der Waals surface area (Å²) in [6.45, 7) is 3.42. The summed E-state index contributed by atoms with van der Waals surface area (Å²) < 4.78 is 0. The van der Waals surface area contributed by atoms with Crippen LogP contribution in [-0.4, -0.2) is 18.4 Å². The van der Waals surface area contributed by atoms with Gasteiger partial charge in [0.1, 0.15) is 0 Å². The molecule has 2 heteroatoms. The summed E-state index contributed by atoms with van der Waals surface area (Å²) in [5, 5.41) is 3.70. The minimum Gasteiger partial charge on any atom is -0.371 e. The molecule has 1 N–H and O–H groups in total. The largest absolute Gasteiger partial charge is 0.371 e. The molecular formula is C14H24N2. The van der Waals surface area contributed by atoms with Gasteiger partial charge in [-0.2, -0.15) is 0 Å². The van der Waals surface area contributed by atoms with Crippen LogP contribution in [0.15, 0.2) is 4.99 Å². The average molecular weight is 220 g/mol. The van der Waals surface area contributed by atoms with Crippen LogP contribution >= 0.6 is 0 Å². The van der Waals surface area contributed by atoms with Crippen molar-refractivity contribution in [1.29, 1.82) is 0 Å². The molecule has 0 amide bonds. The second kappa shape index (κ2) is 4.38. The molecule has 2 fully saturated rings. The molecule has 0 saturated heterocycles. The van der Waals surface area contributed by atoms with E-state index < -0.39 is 0 Å². The van der Waals surface area contributed by atoms with Crippen molar-refractivity contribution in [3.05, 3.63) is 0 Å². The van der Waals surface area contributed by atoms with Crippen LogP contribution in [0, 0.1) is 17.8 Å². The second-order valence-corrected chi connectivity index (χ2v) is 6.06. The van der Waals surface area contributed by atoms with Crippen molar-refractivity contribution in [2.45, 2.75) is 57.9 Å². The molecule has 3 rings (SSSR count). The third-order valence-corrected chi connectivity index (χ3v) is 4.95. The Morgan fingerprint density at radius 3 is 2.81 bits per heavy atom. The van der Waals surface area contributed by atoms with Crippen LogP contribution in [0.2, 0.25) is 0 Å². The van der Waals surface area contributed by atoms with E-state index in [1.807, 2.05) is 0 Å². The molecule has 2 aliphatic carbocycles. The summed E-state index contributed by atoms with van der Waals surface area (Å²) in [5.74, 6) is 4.31. The van der Waals surface area contributed by atoms with Crippen molar-refractivity contribution in [3.8, 4) is 0 Å². The highest BCUT2D eigenvalue weighted by atomic mass is 15.0. The number of aliphatic imine (C=N–C) groups is 1. The first-order chi connectivity index (χ1) is 7.83. The Balaban J connectivity index is 1.57. The van der Waals surface area contributed by atoms with E-state index in [0.717, 1.165) is 24.3 Å². The minimum absolute atomic E-state index is 0.659. The number of nitrogens with one attached hydrogen (secondary N) is 1. The zero-order valence-electron chi connectivity index (χ0n) is 10.4. The van der Waals surface area contributed by atoms with Gasteiger partial charge in [0.05, 0.1) is 5.84 Å². The molecule has 90 valence electrons. The monoisotopic (exact) mass is 220 g/mol. The van der Waals surface area contributed by atoms with E-state index in [1.54, 1.807) is 0 Å². The Morgan fingerprint density at radius 2 is 2.19 bits per heavy atom. The molecule has 2 bridgehead atoms. The second-order valence-electron chi connectivity index (χ2n) is 6.06. The van der Waals surface area contributed by atoms with Gasteiger partial charge in [0.15, 0.2) is 0 Å². The van der Waals surface area contributed by atoms with Gasteiger partial charge < -0.3 is 5.32 Å². The molecule has 16 heavy (non-hydrogen) atoms. The lowest BCUT2D eigenvalue weighted by molar-refractivity contribution is 0.277. The molecule has 0 radical (unpaired) electrons. The van der Waals surface area contributed by atoms with Gasteiger partial charge in [-0.3, -0.25) is 4.99 Å². The van der Waals surface area contributed by atoms with Gasteiger partial charge in [-0.05, 0) is 56.8 Å². The minimum atomic E-state index is 0.659. The lowest BCUT2D eigenvalue weighted by Crippen LogP contribution is -2.40. The Morgan fingerprint density at radius 1 is 1.25 bits per heavy atom. The standard InChI is InChI=1S/C14H24N2/c1-10(16-14-4-2-3-7-15-14)13-9-11-5-6-12(13)8-11/h10-13H,2-9H2,1H3,(H,15,16). The quantitative estimate of drug-likeness (QED) is 0.760. The first-order valence-electron chi connectivity index (χ1n) is 7.13. The van der Waals surface area contributed by atoms with Crippen molar-refractivity contribution in [3.63, 3.8) is 0 Å². The maximum absolute atomic E-state index is 4.61. The highest BCUT2D eigenvalue weighted by molar-refractivity contribution is 5.82. The average Bonchev–Trinajstić information content (AvgIpc) is 2.92.